The largest absolute Gasteiger partial charge is 0.239 e. The predicted octanol–water partition coefficient (Wildman–Crippen LogP) is 5.74. The topological polar surface area (TPSA) is 49.6 Å². The Morgan fingerprint density at radius 3 is 2.29 bits per heavy atom. The summed E-state index contributed by atoms with van der Waals surface area (Å²) in [4.78, 5) is 9.20. The van der Waals surface area contributed by atoms with Gasteiger partial charge in [-0.25, -0.2) is 9.97 Å². The van der Waals surface area contributed by atoms with E-state index in [1.807, 2.05) is 12.4 Å². The van der Waals surface area contributed by atoms with E-state index in [4.69, 9.17) is 0 Å². The molecule has 0 N–H and O–H groups in total. The summed E-state index contributed by atoms with van der Waals surface area (Å²) in [6.07, 6.45) is 18.1. The Bertz CT molecular complexity index is 507. The van der Waals surface area contributed by atoms with E-state index in [1.54, 1.807) is 0 Å². The summed E-state index contributed by atoms with van der Waals surface area (Å²) in [7, 11) is 0. The van der Waals surface area contributed by atoms with Crippen LogP contribution in [0.15, 0.2) is 12.4 Å². The second-order valence-corrected chi connectivity index (χ2v) is 7.51. The number of hydrogen-bond donors (Lipinski definition) is 0. The highest BCUT2D eigenvalue weighted by atomic mass is 14.9. The van der Waals surface area contributed by atoms with E-state index in [0.717, 1.165) is 43.8 Å². The lowest BCUT2D eigenvalue weighted by atomic mass is 9.70. The minimum Gasteiger partial charge on any atom is -0.239 e. The second kappa shape index (κ2) is 9.77. The van der Waals surface area contributed by atoms with Gasteiger partial charge in [0.2, 0.25) is 0 Å². The van der Waals surface area contributed by atoms with Gasteiger partial charge in [-0.1, -0.05) is 52.4 Å². The molecule has 0 saturated heterocycles. The van der Waals surface area contributed by atoms with Gasteiger partial charge in [-0.3, -0.25) is 0 Å². The predicted molar refractivity (Wildman–Crippen MR) is 98.7 cm³/mol. The molecular formula is C21H33N3. The molecule has 2 rings (SSSR count). The van der Waals surface area contributed by atoms with Crippen LogP contribution in [0.4, 0.5) is 0 Å². The van der Waals surface area contributed by atoms with E-state index in [1.165, 1.54) is 50.5 Å². The SMILES string of the molecule is CCCCCCCc1cnc([C@]2(C#N)CC[C@H](CCC)CC2)nc1. The zero-order valence-electron chi connectivity index (χ0n) is 15.6. The molecule has 1 fully saturated rings. The van der Waals surface area contributed by atoms with Crippen LogP contribution in [0, 0.1) is 17.2 Å². The van der Waals surface area contributed by atoms with Gasteiger partial charge in [0.15, 0.2) is 0 Å². The van der Waals surface area contributed by atoms with Crippen molar-refractivity contribution in [3.05, 3.63) is 23.8 Å². The third kappa shape index (κ3) is 5.03. The van der Waals surface area contributed by atoms with Gasteiger partial charge in [0.05, 0.1) is 6.07 Å². The average Bonchev–Trinajstić information content (AvgIpc) is 2.63. The van der Waals surface area contributed by atoms with Crippen LogP contribution in [-0.4, -0.2) is 9.97 Å². The first-order valence-corrected chi connectivity index (χ1v) is 9.96. The molecular weight excluding hydrogens is 294 g/mol. The molecule has 0 atom stereocenters. The maximum absolute atomic E-state index is 9.77. The summed E-state index contributed by atoms with van der Waals surface area (Å²) in [5.41, 5.74) is 0.771. The minimum absolute atomic E-state index is 0.441. The number of unbranched alkanes of at least 4 members (excludes halogenated alkanes) is 4. The van der Waals surface area contributed by atoms with Gasteiger partial charge in [-0.05, 0) is 50.0 Å². The Balaban J connectivity index is 1.90. The van der Waals surface area contributed by atoms with E-state index >= 15 is 0 Å². The van der Waals surface area contributed by atoms with E-state index in [9.17, 15) is 5.26 Å². The van der Waals surface area contributed by atoms with Crippen molar-refractivity contribution in [1.82, 2.24) is 9.97 Å². The zero-order chi connectivity index (χ0) is 17.3. The molecule has 3 heteroatoms. The fraction of sp³-hybridized carbons (Fsp3) is 0.762. The number of aryl methyl sites for hydroxylation is 1. The van der Waals surface area contributed by atoms with Crippen LogP contribution >= 0.6 is 0 Å². The highest BCUT2D eigenvalue weighted by molar-refractivity contribution is 5.22. The molecule has 1 heterocycles. The number of nitriles is 1. The molecule has 0 spiro atoms. The standard InChI is InChI=1S/C21H33N3/c1-3-5-6-7-8-10-19-15-23-20(24-16-19)21(17-22)13-11-18(9-4-2)12-14-21/h15-16,18H,3-14H2,1-2H3/t18-,21+. The first kappa shape index (κ1) is 18.9. The molecule has 1 aliphatic rings. The molecule has 132 valence electrons. The van der Waals surface area contributed by atoms with Crippen molar-refractivity contribution in [2.75, 3.05) is 0 Å². The van der Waals surface area contributed by atoms with Gasteiger partial charge < -0.3 is 0 Å². The summed E-state index contributed by atoms with van der Waals surface area (Å²) < 4.78 is 0. The number of nitrogens with zero attached hydrogens (tertiary/aromatic N) is 3. The first-order valence-electron chi connectivity index (χ1n) is 9.96. The van der Waals surface area contributed by atoms with Crippen LogP contribution in [0.2, 0.25) is 0 Å². The van der Waals surface area contributed by atoms with Crippen LogP contribution in [0.5, 0.6) is 0 Å². The third-order valence-electron chi connectivity index (χ3n) is 5.57. The Labute approximate surface area is 147 Å². The minimum atomic E-state index is -0.441. The first-order chi connectivity index (χ1) is 11.7. The molecule has 0 aromatic carbocycles. The molecule has 1 aromatic heterocycles. The normalized spacial score (nSPS) is 23.8. The van der Waals surface area contributed by atoms with Gasteiger partial charge in [-0.2, -0.15) is 5.26 Å². The highest BCUT2D eigenvalue weighted by Crippen LogP contribution is 2.41. The average molecular weight is 328 g/mol. The van der Waals surface area contributed by atoms with Crippen LogP contribution in [0.3, 0.4) is 0 Å². The molecule has 1 aliphatic carbocycles. The molecule has 24 heavy (non-hydrogen) atoms. The van der Waals surface area contributed by atoms with Crippen molar-refractivity contribution in [3.8, 4) is 6.07 Å². The van der Waals surface area contributed by atoms with Crippen molar-refractivity contribution in [2.24, 2.45) is 5.92 Å². The molecule has 1 aromatic rings. The van der Waals surface area contributed by atoms with Crippen molar-refractivity contribution in [2.45, 2.75) is 96.3 Å². The van der Waals surface area contributed by atoms with E-state index in [-0.39, 0.29) is 0 Å². The zero-order valence-corrected chi connectivity index (χ0v) is 15.6. The summed E-state index contributed by atoms with van der Waals surface area (Å²) in [5, 5.41) is 9.77. The lowest BCUT2D eigenvalue weighted by Gasteiger charge is -2.33. The fourth-order valence-corrected chi connectivity index (χ4v) is 3.92. The van der Waals surface area contributed by atoms with Crippen LogP contribution < -0.4 is 0 Å². The summed E-state index contributed by atoms with van der Waals surface area (Å²) in [5.74, 6) is 1.55. The summed E-state index contributed by atoms with van der Waals surface area (Å²) >= 11 is 0. The maximum Gasteiger partial charge on any atom is 0.148 e. The molecule has 3 nitrogen and oxygen atoms in total. The van der Waals surface area contributed by atoms with Gasteiger partial charge in [0.1, 0.15) is 11.2 Å². The van der Waals surface area contributed by atoms with E-state index < -0.39 is 5.41 Å². The number of hydrogen-bond acceptors (Lipinski definition) is 3. The van der Waals surface area contributed by atoms with Crippen molar-refractivity contribution >= 4 is 0 Å². The van der Waals surface area contributed by atoms with Crippen LogP contribution in [-0.2, 0) is 11.8 Å². The molecule has 1 saturated carbocycles. The quantitative estimate of drug-likeness (QED) is 0.543. The van der Waals surface area contributed by atoms with E-state index in [2.05, 4.69) is 29.9 Å². The van der Waals surface area contributed by atoms with Gasteiger partial charge in [0.25, 0.3) is 0 Å². The van der Waals surface area contributed by atoms with Gasteiger partial charge in [-0.15, -0.1) is 0 Å². The fourth-order valence-electron chi connectivity index (χ4n) is 3.92. The third-order valence-corrected chi connectivity index (χ3v) is 5.57. The van der Waals surface area contributed by atoms with E-state index in [0.29, 0.717) is 0 Å². The lowest BCUT2D eigenvalue weighted by molar-refractivity contribution is 0.257. The summed E-state index contributed by atoms with van der Waals surface area (Å²) in [6.45, 7) is 4.49. The number of aromatic nitrogens is 2. The number of rotatable bonds is 9. The van der Waals surface area contributed by atoms with Crippen LogP contribution in [0.1, 0.15) is 95.9 Å². The Morgan fingerprint density at radius 1 is 1.04 bits per heavy atom. The lowest BCUT2D eigenvalue weighted by Crippen LogP contribution is -2.32. The molecule has 0 bridgehead atoms. The van der Waals surface area contributed by atoms with Crippen molar-refractivity contribution in [3.63, 3.8) is 0 Å². The molecule has 0 amide bonds. The monoisotopic (exact) mass is 327 g/mol. The highest BCUT2D eigenvalue weighted by Gasteiger charge is 2.39. The Kier molecular flexibility index (Phi) is 7.69. The smallest absolute Gasteiger partial charge is 0.148 e. The van der Waals surface area contributed by atoms with Gasteiger partial charge >= 0.3 is 0 Å². The van der Waals surface area contributed by atoms with Crippen molar-refractivity contribution < 1.29 is 0 Å². The second-order valence-electron chi connectivity index (χ2n) is 7.51. The molecule has 0 unspecified atom stereocenters. The van der Waals surface area contributed by atoms with Crippen LogP contribution in [0.25, 0.3) is 0 Å². The van der Waals surface area contributed by atoms with Crippen molar-refractivity contribution in [1.29, 1.82) is 5.26 Å². The molecule has 0 radical (unpaired) electrons. The molecule has 0 aliphatic heterocycles. The summed E-state index contributed by atoms with van der Waals surface area (Å²) in [6, 6.07) is 2.56. The maximum atomic E-state index is 9.77. The van der Waals surface area contributed by atoms with Gasteiger partial charge in [0, 0.05) is 12.4 Å². The Morgan fingerprint density at radius 2 is 1.71 bits per heavy atom. The Hall–Kier alpha value is -1.43.